The number of aromatic nitrogens is 4. The van der Waals surface area contributed by atoms with Crippen molar-refractivity contribution in [1.82, 2.24) is 19.5 Å². The first-order chi connectivity index (χ1) is 11.1. The number of nitrogens with two attached hydrogens (primary N) is 1. The number of aliphatic hydroxyl groups is 2. The van der Waals surface area contributed by atoms with Crippen molar-refractivity contribution >= 4 is 40.9 Å². The summed E-state index contributed by atoms with van der Waals surface area (Å²) in [6.45, 7) is -2.87. The van der Waals surface area contributed by atoms with E-state index >= 15 is 0 Å². The van der Waals surface area contributed by atoms with Crippen molar-refractivity contribution in [3.05, 3.63) is 11.0 Å². The fourth-order valence-electron chi connectivity index (χ4n) is 2.34. The summed E-state index contributed by atoms with van der Waals surface area (Å²) in [5.41, 5.74) is 6.21. The molecule has 1 fully saturated rings. The van der Waals surface area contributed by atoms with Crippen molar-refractivity contribution in [3.8, 4) is 12.3 Å². The molecule has 0 spiro atoms. The van der Waals surface area contributed by atoms with E-state index in [4.69, 9.17) is 43.5 Å². The predicted molar refractivity (Wildman–Crippen MR) is 81.5 cm³/mol. The molecule has 0 radical (unpaired) electrons. The first kappa shape index (κ1) is 12.8. The van der Waals surface area contributed by atoms with Gasteiger partial charge in [0.15, 0.2) is 21.7 Å². The Balaban J connectivity index is 2.19. The largest absolute Gasteiger partial charge is 0.394 e. The Morgan fingerprint density at radius 3 is 3.14 bits per heavy atom. The molecule has 22 heavy (non-hydrogen) atoms. The molecule has 0 aliphatic carbocycles. The molecule has 0 saturated carbocycles. The number of terminal acetylenes is 1. The number of aliphatic hydroxyl groups excluding tert-OH is 1. The van der Waals surface area contributed by atoms with Crippen molar-refractivity contribution in [2.24, 2.45) is 0 Å². The quantitative estimate of drug-likeness (QED) is 0.342. The highest BCUT2D eigenvalue weighted by Gasteiger charge is 2.55. The highest BCUT2D eigenvalue weighted by Crippen LogP contribution is 2.43. The third-order valence-corrected chi connectivity index (χ3v) is 4.22. The van der Waals surface area contributed by atoms with E-state index in [1.807, 2.05) is 0 Å². The van der Waals surface area contributed by atoms with Crippen LogP contribution in [-0.2, 0) is 4.74 Å². The zero-order valence-electron chi connectivity index (χ0n) is 12.9. The highest BCUT2D eigenvalue weighted by atomic mass is 35.5. The fraction of sp³-hybridized carbons (Fsp3) is 0.417. The third-order valence-electron chi connectivity index (χ3n) is 3.42. The molecule has 3 heterocycles. The van der Waals surface area contributed by atoms with E-state index in [1.165, 1.54) is 10.9 Å². The molecule has 3 rings (SSSR count). The Bertz CT molecular complexity index is 907. The first-order valence-electron chi connectivity index (χ1n) is 7.04. The SMILES string of the molecule is [2H]C([2H])(O)[C@H]1O[C@@H](n2cnc3c(=S)nc(N)[nH]c32)C(Cl)(C#C)[C@H]1O. The van der Waals surface area contributed by atoms with Gasteiger partial charge in [-0.25, -0.2) is 9.97 Å². The fourth-order valence-corrected chi connectivity index (χ4v) is 2.85. The number of fused-ring (bicyclic) bond motifs is 1. The Labute approximate surface area is 137 Å². The minimum Gasteiger partial charge on any atom is -0.394 e. The molecule has 10 heteroatoms. The van der Waals surface area contributed by atoms with E-state index in [-0.39, 0.29) is 16.2 Å². The summed E-state index contributed by atoms with van der Waals surface area (Å²) >= 11 is 11.4. The van der Waals surface area contributed by atoms with Crippen LogP contribution in [0.15, 0.2) is 6.33 Å². The standard InChI is InChI=1S/C12H12ClN5O3S/c1-2-12(13)7(20)5(3-19)21-10(12)18-4-15-6-8(18)16-11(14)17-9(6)22/h1,4-5,7,10,19-20H,3H2,(H3,14,16,17,22)/t5-,7+,10-,12?/m1/s1/i3D2. The summed E-state index contributed by atoms with van der Waals surface area (Å²) in [6.07, 6.45) is 2.12. The van der Waals surface area contributed by atoms with Gasteiger partial charge in [0.1, 0.15) is 23.4 Å². The molecular weight excluding hydrogens is 330 g/mol. The van der Waals surface area contributed by atoms with Crippen LogP contribution < -0.4 is 5.73 Å². The second-order valence-corrected chi connectivity index (χ2v) is 5.68. The molecule has 116 valence electrons. The maximum Gasteiger partial charge on any atom is 0.200 e. The van der Waals surface area contributed by atoms with E-state index in [2.05, 4.69) is 20.9 Å². The summed E-state index contributed by atoms with van der Waals surface area (Å²) in [5, 5.41) is 19.9. The van der Waals surface area contributed by atoms with Gasteiger partial charge in [-0.15, -0.1) is 6.42 Å². The molecule has 1 saturated heterocycles. The molecule has 2 aromatic heterocycles. The van der Waals surface area contributed by atoms with Crippen molar-refractivity contribution in [2.45, 2.75) is 23.3 Å². The van der Waals surface area contributed by atoms with Gasteiger partial charge in [-0.3, -0.25) is 4.57 Å². The van der Waals surface area contributed by atoms with Crippen LogP contribution in [0, 0.1) is 17.0 Å². The second-order valence-electron chi connectivity index (χ2n) is 4.67. The van der Waals surface area contributed by atoms with Gasteiger partial charge in [-0.05, 0) is 0 Å². The lowest BCUT2D eigenvalue weighted by atomic mass is 9.99. The Morgan fingerprint density at radius 2 is 2.50 bits per heavy atom. The average molecular weight is 344 g/mol. The number of ether oxygens (including phenoxy) is 1. The minimum atomic E-state index is -2.87. The monoisotopic (exact) mass is 343 g/mol. The van der Waals surface area contributed by atoms with Crippen molar-refractivity contribution in [3.63, 3.8) is 0 Å². The number of nitrogen functional groups attached to an aromatic ring is 1. The van der Waals surface area contributed by atoms with Crippen LogP contribution in [0.1, 0.15) is 8.97 Å². The average Bonchev–Trinajstić information content (AvgIpc) is 2.99. The Morgan fingerprint density at radius 1 is 1.77 bits per heavy atom. The van der Waals surface area contributed by atoms with Gasteiger partial charge in [0.05, 0.1) is 15.6 Å². The maximum absolute atomic E-state index is 10.3. The number of H-pyrrole nitrogens is 1. The number of hydrogen-bond donors (Lipinski definition) is 4. The third kappa shape index (κ3) is 2.00. The minimum absolute atomic E-state index is 0.0164. The van der Waals surface area contributed by atoms with Crippen LogP contribution >= 0.6 is 23.8 Å². The highest BCUT2D eigenvalue weighted by molar-refractivity contribution is 7.71. The van der Waals surface area contributed by atoms with Gasteiger partial charge >= 0.3 is 0 Å². The number of anilines is 1. The molecule has 5 N–H and O–H groups in total. The summed E-state index contributed by atoms with van der Waals surface area (Å²) < 4.78 is 21.7. The van der Waals surface area contributed by atoms with Gasteiger partial charge in [-0.2, -0.15) is 0 Å². The van der Waals surface area contributed by atoms with Crippen LogP contribution in [0.2, 0.25) is 0 Å². The van der Waals surface area contributed by atoms with Gasteiger partial charge in [0, 0.05) is 0 Å². The zero-order valence-corrected chi connectivity index (χ0v) is 12.5. The molecule has 2 aromatic rings. The predicted octanol–water partition coefficient (Wildman–Crippen LogP) is -0.0675. The Hall–Kier alpha value is -1.70. The van der Waals surface area contributed by atoms with E-state index < -0.39 is 29.9 Å². The molecular formula is C12H12ClN5O3S. The zero-order chi connectivity index (χ0) is 17.9. The lowest BCUT2D eigenvalue weighted by Gasteiger charge is -2.25. The second kappa shape index (κ2) is 5.19. The topological polar surface area (TPSA) is 122 Å². The van der Waals surface area contributed by atoms with Crippen molar-refractivity contribution in [1.29, 1.82) is 0 Å². The van der Waals surface area contributed by atoms with Crippen LogP contribution in [0.5, 0.6) is 0 Å². The molecule has 0 aromatic carbocycles. The van der Waals surface area contributed by atoms with Crippen LogP contribution in [-0.4, -0.2) is 53.4 Å². The number of imidazole rings is 1. The molecule has 0 amide bonds. The number of aromatic amines is 1. The summed E-state index contributed by atoms with van der Waals surface area (Å²) in [4.78, 5) is 8.83. The number of nitrogens with zero attached hydrogens (tertiary/aromatic N) is 3. The Kier molecular flexibility index (Phi) is 3.02. The van der Waals surface area contributed by atoms with Crippen molar-refractivity contribution in [2.75, 3.05) is 12.3 Å². The molecule has 1 aliphatic heterocycles. The number of rotatable bonds is 2. The van der Waals surface area contributed by atoms with Crippen molar-refractivity contribution < 1.29 is 17.7 Å². The number of nitrogens with one attached hydrogen (secondary N) is 1. The lowest BCUT2D eigenvalue weighted by Crippen LogP contribution is -2.41. The lowest BCUT2D eigenvalue weighted by molar-refractivity contribution is -0.0436. The summed E-state index contributed by atoms with van der Waals surface area (Å²) in [5.74, 6) is 2.22. The van der Waals surface area contributed by atoms with E-state index in [0.717, 1.165) is 0 Å². The summed E-state index contributed by atoms with van der Waals surface area (Å²) in [7, 11) is 0. The molecule has 1 aliphatic rings. The number of hydrogen-bond acceptors (Lipinski definition) is 7. The molecule has 1 unspecified atom stereocenters. The maximum atomic E-state index is 10.3. The number of alkyl halides is 1. The van der Waals surface area contributed by atoms with Crippen LogP contribution in [0.3, 0.4) is 0 Å². The number of halogens is 1. The molecule has 0 bridgehead atoms. The van der Waals surface area contributed by atoms with Crippen LogP contribution in [0.4, 0.5) is 5.95 Å². The van der Waals surface area contributed by atoms with E-state index in [1.54, 1.807) is 0 Å². The first-order valence-corrected chi connectivity index (χ1v) is 6.83. The molecule has 4 atom stereocenters. The smallest absolute Gasteiger partial charge is 0.200 e. The molecule has 8 nitrogen and oxygen atoms in total. The van der Waals surface area contributed by atoms with E-state index in [0.29, 0.717) is 5.52 Å². The van der Waals surface area contributed by atoms with Gasteiger partial charge < -0.3 is 25.7 Å². The van der Waals surface area contributed by atoms with E-state index in [9.17, 15) is 10.2 Å². The van der Waals surface area contributed by atoms with Gasteiger partial charge in [0.2, 0.25) is 0 Å². The van der Waals surface area contributed by atoms with Crippen LogP contribution in [0.25, 0.3) is 11.2 Å². The summed E-state index contributed by atoms with van der Waals surface area (Å²) in [6, 6.07) is 0. The van der Waals surface area contributed by atoms with Gasteiger partial charge in [0.25, 0.3) is 0 Å². The van der Waals surface area contributed by atoms with Gasteiger partial charge in [-0.1, -0.05) is 29.7 Å². The normalized spacial score (nSPS) is 33.5.